The van der Waals surface area contributed by atoms with Gasteiger partial charge >= 0.3 is 11.1 Å². The number of aliphatic imine (C=N–C) groups is 1. The highest BCUT2D eigenvalue weighted by atomic mass is 35.5. The number of rotatable bonds is 2. The summed E-state index contributed by atoms with van der Waals surface area (Å²) < 4.78 is 0. The molecule has 0 aromatic carbocycles. The van der Waals surface area contributed by atoms with Crippen molar-refractivity contribution in [2.24, 2.45) is 4.99 Å². The summed E-state index contributed by atoms with van der Waals surface area (Å²) in [6, 6.07) is 0.468. The second kappa shape index (κ2) is 5.40. The molecular formula is C14H21ClN4O2. The predicted molar refractivity (Wildman–Crippen MR) is 81.1 cm³/mol. The summed E-state index contributed by atoms with van der Waals surface area (Å²) in [5, 5.41) is 10.5. The number of nitrogens with one attached hydrogen (secondary N) is 1. The van der Waals surface area contributed by atoms with E-state index in [0.717, 1.165) is 43.9 Å². The Morgan fingerprint density at radius 2 is 2.14 bits per heavy atom. The number of hydrogen-bond acceptors (Lipinski definition) is 5. The van der Waals surface area contributed by atoms with Crippen LogP contribution in [0.25, 0.3) is 0 Å². The standard InChI is InChI=1S/C14H21ClN4O2/c1-18-7-4-8-19(10-5-2-3-6-10)12-11(18)9-16-14(15,17-12)13(20)21/h9-10,17H,2-8H2,1H3,(H,20,21). The topological polar surface area (TPSA) is 68.2 Å². The van der Waals surface area contributed by atoms with E-state index in [0.29, 0.717) is 6.04 Å². The Hall–Kier alpha value is -1.43. The Morgan fingerprint density at radius 3 is 2.81 bits per heavy atom. The highest BCUT2D eigenvalue weighted by Crippen LogP contribution is 2.32. The van der Waals surface area contributed by atoms with Crippen LogP contribution in [0, 0.1) is 0 Å². The summed E-state index contributed by atoms with van der Waals surface area (Å²) in [7, 11) is 2.00. The molecule has 116 valence electrons. The number of carboxylic acids is 1. The molecule has 1 saturated carbocycles. The maximum Gasteiger partial charge on any atom is 0.369 e. The molecule has 3 aliphatic rings. The van der Waals surface area contributed by atoms with Crippen LogP contribution in [0.3, 0.4) is 0 Å². The summed E-state index contributed by atoms with van der Waals surface area (Å²) in [6.07, 6.45) is 7.42. The van der Waals surface area contributed by atoms with Crippen molar-refractivity contribution in [3.05, 3.63) is 11.5 Å². The fourth-order valence-corrected chi connectivity index (χ4v) is 3.50. The van der Waals surface area contributed by atoms with Crippen LogP contribution >= 0.6 is 11.6 Å². The maximum atomic E-state index is 11.4. The van der Waals surface area contributed by atoms with Gasteiger partial charge in [-0.05, 0) is 19.3 Å². The lowest BCUT2D eigenvalue weighted by atomic mass is 10.2. The average molecular weight is 313 g/mol. The third kappa shape index (κ3) is 2.57. The zero-order valence-corrected chi connectivity index (χ0v) is 12.9. The minimum atomic E-state index is -1.79. The van der Waals surface area contributed by atoms with E-state index in [1.165, 1.54) is 12.8 Å². The summed E-state index contributed by atoms with van der Waals surface area (Å²) in [5.41, 5.74) is 0.928. The fraction of sp³-hybridized carbons (Fsp3) is 0.714. The molecule has 2 aliphatic heterocycles. The van der Waals surface area contributed by atoms with Gasteiger partial charge in [-0.1, -0.05) is 24.4 Å². The predicted octanol–water partition coefficient (Wildman–Crippen LogP) is 1.39. The average Bonchev–Trinajstić information content (AvgIpc) is 2.92. The first kappa shape index (κ1) is 14.5. The normalized spacial score (nSPS) is 30.2. The molecule has 0 bridgehead atoms. The number of aliphatic carboxylic acids is 1. The fourth-order valence-electron chi connectivity index (χ4n) is 3.36. The number of carboxylic acid groups (broad SMARTS) is 1. The smallest absolute Gasteiger partial charge is 0.369 e. The lowest BCUT2D eigenvalue weighted by molar-refractivity contribution is -0.141. The minimum absolute atomic E-state index is 0.468. The second-order valence-corrected chi connectivity index (χ2v) is 6.50. The molecule has 1 fully saturated rings. The van der Waals surface area contributed by atoms with Crippen molar-refractivity contribution in [2.45, 2.75) is 43.3 Å². The quantitative estimate of drug-likeness (QED) is 0.596. The Labute approximate surface area is 129 Å². The number of halogens is 1. The van der Waals surface area contributed by atoms with E-state index in [9.17, 15) is 9.90 Å². The third-order valence-electron chi connectivity index (χ3n) is 4.53. The van der Waals surface area contributed by atoms with Crippen LogP contribution in [0.4, 0.5) is 0 Å². The van der Waals surface area contributed by atoms with Crippen LogP contribution in [0.2, 0.25) is 0 Å². The molecule has 2 heterocycles. The summed E-state index contributed by atoms with van der Waals surface area (Å²) in [5.74, 6) is -0.362. The van der Waals surface area contributed by atoms with Gasteiger partial charge in [-0.3, -0.25) is 0 Å². The molecule has 6 nitrogen and oxygen atoms in total. The van der Waals surface area contributed by atoms with Crippen LogP contribution < -0.4 is 5.32 Å². The van der Waals surface area contributed by atoms with E-state index in [2.05, 4.69) is 20.1 Å². The monoisotopic (exact) mass is 312 g/mol. The van der Waals surface area contributed by atoms with Crippen LogP contribution in [0.15, 0.2) is 16.5 Å². The van der Waals surface area contributed by atoms with Gasteiger partial charge in [0.25, 0.3) is 0 Å². The molecule has 1 atom stereocenters. The second-order valence-electron chi connectivity index (χ2n) is 5.95. The van der Waals surface area contributed by atoms with Gasteiger partial charge in [0.05, 0.1) is 11.9 Å². The molecule has 3 rings (SSSR count). The Kier molecular flexibility index (Phi) is 3.73. The molecular weight excluding hydrogens is 292 g/mol. The number of allylic oxidation sites excluding steroid dienone is 1. The lowest BCUT2D eigenvalue weighted by Gasteiger charge is -2.38. The van der Waals surface area contributed by atoms with Gasteiger partial charge in [0.2, 0.25) is 0 Å². The SMILES string of the molecule is CN1CCCN(C2CCCC2)C2=C1C=NC(Cl)(C(=O)O)N2. The lowest BCUT2D eigenvalue weighted by Crippen LogP contribution is -2.53. The molecule has 7 heteroatoms. The molecule has 0 spiro atoms. The Morgan fingerprint density at radius 1 is 1.43 bits per heavy atom. The summed E-state index contributed by atoms with van der Waals surface area (Å²) >= 11 is 6.11. The van der Waals surface area contributed by atoms with E-state index in [-0.39, 0.29) is 0 Å². The van der Waals surface area contributed by atoms with Gasteiger partial charge in [-0.25, -0.2) is 9.79 Å². The van der Waals surface area contributed by atoms with Gasteiger partial charge in [0, 0.05) is 26.2 Å². The van der Waals surface area contributed by atoms with Gasteiger partial charge in [0.15, 0.2) is 0 Å². The summed E-state index contributed by atoms with van der Waals surface area (Å²) in [4.78, 5) is 19.8. The van der Waals surface area contributed by atoms with Gasteiger partial charge in [-0.15, -0.1) is 0 Å². The first-order valence-corrected chi connectivity index (χ1v) is 7.87. The number of nitrogens with zero attached hydrogens (tertiary/aromatic N) is 3. The molecule has 1 aliphatic carbocycles. The highest BCUT2D eigenvalue weighted by molar-refractivity contribution is 6.34. The Bertz CT molecular complexity index is 501. The third-order valence-corrected chi connectivity index (χ3v) is 4.89. The van der Waals surface area contributed by atoms with Gasteiger partial charge in [-0.2, -0.15) is 0 Å². The first-order chi connectivity index (χ1) is 10.0. The molecule has 0 amide bonds. The summed E-state index contributed by atoms with van der Waals surface area (Å²) in [6.45, 7) is 1.85. The number of alkyl halides is 1. The van der Waals surface area contributed by atoms with Crippen molar-refractivity contribution in [3.8, 4) is 0 Å². The highest BCUT2D eigenvalue weighted by Gasteiger charge is 2.42. The van der Waals surface area contributed by atoms with Gasteiger partial charge < -0.3 is 20.2 Å². The van der Waals surface area contributed by atoms with Crippen molar-refractivity contribution in [3.63, 3.8) is 0 Å². The minimum Gasteiger partial charge on any atom is -0.477 e. The van der Waals surface area contributed by atoms with E-state index < -0.39 is 11.1 Å². The van der Waals surface area contributed by atoms with E-state index in [4.69, 9.17) is 11.6 Å². The zero-order valence-electron chi connectivity index (χ0n) is 12.2. The van der Waals surface area contributed by atoms with Crippen molar-refractivity contribution in [1.29, 1.82) is 0 Å². The molecule has 2 N–H and O–H groups in total. The molecule has 0 radical (unpaired) electrons. The van der Waals surface area contributed by atoms with Crippen molar-refractivity contribution in [2.75, 3.05) is 20.1 Å². The van der Waals surface area contributed by atoms with Crippen LogP contribution in [0.1, 0.15) is 32.1 Å². The van der Waals surface area contributed by atoms with E-state index in [1.807, 2.05) is 7.05 Å². The van der Waals surface area contributed by atoms with Crippen LogP contribution in [0.5, 0.6) is 0 Å². The Balaban J connectivity index is 1.96. The number of carbonyl (C=O) groups is 1. The van der Waals surface area contributed by atoms with Crippen molar-refractivity contribution >= 4 is 23.8 Å². The first-order valence-electron chi connectivity index (χ1n) is 7.49. The zero-order chi connectivity index (χ0) is 15.0. The van der Waals surface area contributed by atoms with E-state index >= 15 is 0 Å². The molecule has 0 saturated heterocycles. The van der Waals surface area contributed by atoms with Gasteiger partial charge in [0.1, 0.15) is 5.82 Å². The number of hydrogen-bond donors (Lipinski definition) is 2. The largest absolute Gasteiger partial charge is 0.477 e. The molecule has 1 unspecified atom stereocenters. The molecule has 0 aromatic heterocycles. The molecule has 0 aromatic rings. The van der Waals surface area contributed by atoms with Crippen LogP contribution in [-0.2, 0) is 4.79 Å². The van der Waals surface area contributed by atoms with Crippen molar-refractivity contribution < 1.29 is 9.90 Å². The van der Waals surface area contributed by atoms with Crippen LogP contribution in [-0.4, -0.2) is 58.4 Å². The van der Waals surface area contributed by atoms with Crippen molar-refractivity contribution in [1.82, 2.24) is 15.1 Å². The molecule has 21 heavy (non-hydrogen) atoms. The van der Waals surface area contributed by atoms with E-state index in [1.54, 1.807) is 6.21 Å². The maximum absolute atomic E-state index is 11.4.